The Labute approximate surface area is 139 Å². The maximum Gasteiger partial charge on any atom is 0.410 e. The van der Waals surface area contributed by atoms with E-state index in [2.05, 4.69) is 15.9 Å². The lowest BCUT2D eigenvalue weighted by molar-refractivity contribution is 0.0244. The molecule has 122 valence electrons. The van der Waals surface area contributed by atoms with Crippen LogP contribution in [0, 0.1) is 0 Å². The van der Waals surface area contributed by atoms with Crippen molar-refractivity contribution in [3.8, 4) is 0 Å². The number of esters is 1. The molecule has 0 unspecified atom stereocenters. The summed E-state index contributed by atoms with van der Waals surface area (Å²) in [7, 11) is 1.34. The molecule has 6 heteroatoms. The highest BCUT2D eigenvalue weighted by atomic mass is 79.9. The number of amides is 1. The van der Waals surface area contributed by atoms with Crippen molar-refractivity contribution in [1.29, 1.82) is 0 Å². The normalized spacial score (nSPS) is 11.0. The van der Waals surface area contributed by atoms with Gasteiger partial charge in [-0.05, 0) is 51.5 Å². The highest BCUT2D eigenvalue weighted by molar-refractivity contribution is 9.10. The van der Waals surface area contributed by atoms with Crippen molar-refractivity contribution in [3.63, 3.8) is 0 Å². The summed E-state index contributed by atoms with van der Waals surface area (Å²) in [4.78, 5) is 25.4. The van der Waals surface area contributed by atoms with Gasteiger partial charge in [0, 0.05) is 17.6 Å². The first-order chi connectivity index (χ1) is 10.2. The molecule has 1 amide bonds. The smallest absolute Gasteiger partial charge is 0.410 e. The van der Waals surface area contributed by atoms with E-state index in [1.54, 1.807) is 17.0 Å². The Balaban J connectivity index is 2.94. The van der Waals surface area contributed by atoms with Gasteiger partial charge in [0.2, 0.25) is 0 Å². The van der Waals surface area contributed by atoms with Crippen LogP contribution < -0.4 is 0 Å². The molecule has 0 heterocycles. The van der Waals surface area contributed by atoms with Crippen molar-refractivity contribution in [2.75, 3.05) is 13.7 Å². The van der Waals surface area contributed by atoms with Gasteiger partial charge in [0.25, 0.3) is 0 Å². The van der Waals surface area contributed by atoms with Gasteiger partial charge >= 0.3 is 12.1 Å². The van der Waals surface area contributed by atoms with Gasteiger partial charge in [0.05, 0.1) is 12.7 Å². The van der Waals surface area contributed by atoms with Gasteiger partial charge in [-0.3, -0.25) is 0 Å². The minimum atomic E-state index is -0.543. The minimum Gasteiger partial charge on any atom is -0.465 e. The maximum absolute atomic E-state index is 12.2. The first-order valence-electron chi connectivity index (χ1n) is 7.02. The predicted molar refractivity (Wildman–Crippen MR) is 87.8 cm³/mol. The van der Waals surface area contributed by atoms with Crippen LogP contribution in [0.4, 0.5) is 4.79 Å². The summed E-state index contributed by atoms with van der Waals surface area (Å²) in [6, 6.07) is 5.25. The zero-order chi connectivity index (χ0) is 16.9. The van der Waals surface area contributed by atoms with Crippen LogP contribution in [-0.2, 0) is 16.0 Å². The number of benzene rings is 1. The lowest BCUT2D eigenvalue weighted by Gasteiger charge is -2.26. The Bertz CT molecular complexity index is 552. The number of nitrogens with zero attached hydrogens (tertiary/aromatic N) is 1. The largest absolute Gasteiger partial charge is 0.465 e. The minimum absolute atomic E-state index is 0.356. The Hall–Kier alpha value is -1.56. The van der Waals surface area contributed by atoms with Crippen molar-refractivity contribution in [1.82, 2.24) is 4.90 Å². The molecule has 1 aromatic rings. The quantitative estimate of drug-likeness (QED) is 0.750. The number of carbonyl (C=O) groups is 2. The third-order valence-corrected chi connectivity index (χ3v) is 3.24. The number of rotatable bonds is 4. The number of ether oxygens (including phenoxy) is 2. The fraction of sp³-hybridized carbons (Fsp3) is 0.500. The molecule has 0 saturated heterocycles. The zero-order valence-corrected chi connectivity index (χ0v) is 15.2. The van der Waals surface area contributed by atoms with Crippen molar-refractivity contribution in [2.45, 2.75) is 39.8 Å². The van der Waals surface area contributed by atoms with Crippen molar-refractivity contribution in [3.05, 3.63) is 33.8 Å². The first kappa shape index (κ1) is 18.5. The van der Waals surface area contributed by atoms with Gasteiger partial charge in [-0.2, -0.15) is 0 Å². The number of halogens is 1. The van der Waals surface area contributed by atoms with Crippen molar-refractivity contribution >= 4 is 28.0 Å². The molecule has 0 atom stereocenters. The van der Waals surface area contributed by atoms with Crippen molar-refractivity contribution in [2.24, 2.45) is 0 Å². The summed E-state index contributed by atoms with van der Waals surface area (Å²) < 4.78 is 10.9. The second-order valence-electron chi connectivity index (χ2n) is 5.83. The molecular weight excluding hydrogens is 350 g/mol. The standard InChI is InChI=1S/C16H22BrNO4/c1-6-18(15(20)22-16(2,3)4)10-11-7-12(14(19)21-5)9-13(17)8-11/h7-9H,6,10H2,1-5H3. The summed E-state index contributed by atoms with van der Waals surface area (Å²) >= 11 is 3.37. The van der Waals surface area contributed by atoms with Gasteiger partial charge in [0.15, 0.2) is 0 Å². The fourth-order valence-electron chi connectivity index (χ4n) is 1.83. The van der Waals surface area contributed by atoms with Gasteiger partial charge in [-0.1, -0.05) is 15.9 Å². The molecule has 22 heavy (non-hydrogen) atoms. The molecule has 0 spiro atoms. The van der Waals surface area contributed by atoms with Crippen LogP contribution in [0.2, 0.25) is 0 Å². The number of methoxy groups -OCH3 is 1. The number of carbonyl (C=O) groups excluding carboxylic acids is 2. The van der Waals surface area contributed by atoms with E-state index in [1.165, 1.54) is 7.11 Å². The molecule has 0 N–H and O–H groups in total. The van der Waals surface area contributed by atoms with Crippen LogP contribution in [0.1, 0.15) is 43.6 Å². The van der Waals surface area contributed by atoms with Crippen LogP contribution >= 0.6 is 15.9 Å². The van der Waals surface area contributed by atoms with Crippen LogP contribution in [0.15, 0.2) is 22.7 Å². The lowest BCUT2D eigenvalue weighted by atomic mass is 10.1. The Kier molecular flexibility index (Phi) is 6.41. The molecule has 0 aromatic heterocycles. The molecule has 0 aliphatic rings. The summed E-state index contributed by atoms with van der Waals surface area (Å²) in [6.45, 7) is 8.22. The fourth-order valence-corrected chi connectivity index (χ4v) is 2.37. The summed E-state index contributed by atoms with van der Waals surface area (Å²) in [5, 5.41) is 0. The zero-order valence-electron chi connectivity index (χ0n) is 13.6. The number of hydrogen-bond donors (Lipinski definition) is 0. The Morgan fingerprint density at radius 2 is 1.86 bits per heavy atom. The molecule has 0 radical (unpaired) electrons. The number of hydrogen-bond acceptors (Lipinski definition) is 4. The van der Waals surface area contributed by atoms with E-state index in [9.17, 15) is 9.59 Å². The van der Waals surface area contributed by atoms with E-state index in [0.717, 1.165) is 10.0 Å². The van der Waals surface area contributed by atoms with Crippen molar-refractivity contribution < 1.29 is 19.1 Å². The van der Waals surface area contributed by atoms with Gasteiger partial charge in [0.1, 0.15) is 5.60 Å². The van der Waals surface area contributed by atoms with E-state index in [4.69, 9.17) is 9.47 Å². The highest BCUT2D eigenvalue weighted by Crippen LogP contribution is 2.19. The van der Waals surface area contributed by atoms with Crippen LogP contribution in [-0.4, -0.2) is 36.2 Å². The first-order valence-corrected chi connectivity index (χ1v) is 7.81. The Morgan fingerprint density at radius 3 is 2.36 bits per heavy atom. The molecule has 0 aliphatic carbocycles. The monoisotopic (exact) mass is 371 g/mol. The molecule has 0 saturated carbocycles. The van der Waals surface area contributed by atoms with Crippen LogP contribution in [0.3, 0.4) is 0 Å². The average molecular weight is 372 g/mol. The summed E-state index contributed by atoms with van der Waals surface area (Å²) in [5.74, 6) is -0.414. The van der Waals surface area contributed by atoms with E-state index < -0.39 is 11.6 Å². The van der Waals surface area contributed by atoms with Gasteiger partial charge < -0.3 is 14.4 Å². The summed E-state index contributed by atoms with van der Waals surface area (Å²) in [6.07, 6.45) is -0.380. The van der Waals surface area contributed by atoms with E-state index in [1.807, 2.05) is 33.8 Å². The van der Waals surface area contributed by atoms with Crippen LogP contribution in [0.25, 0.3) is 0 Å². The topological polar surface area (TPSA) is 55.8 Å². The third kappa shape index (κ3) is 5.67. The second kappa shape index (κ2) is 7.63. The van der Waals surface area contributed by atoms with Gasteiger partial charge in [-0.15, -0.1) is 0 Å². The Morgan fingerprint density at radius 1 is 1.23 bits per heavy atom. The SMILES string of the molecule is CCN(Cc1cc(Br)cc(C(=O)OC)c1)C(=O)OC(C)(C)C. The average Bonchev–Trinajstić information content (AvgIpc) is 2.41. The molecule has 0 bridgehead atoms. The third-order valence-electron chi connectivity index (χ3n) is 2.79. The van der Waals surface area contributed by atoms with Crippen LogP contribution in [0.5, 0.6) is 0 Å². The molecule has 5 nitrogen and oxygen atoms in total. The molecule has 1 aromatic carbocycles. The van der Waals surface area contributed by atoms with Gasteiger partial charge in [-0.25, -0.2) is 9.59 Å². The highest BCUT2D eigenvalue weighted by Gasteiger charge is 2.21. The molecule has 1 rings (SSSR count). The van der Waals surface area contributed by atoms with E-state index in [0.29, 0.717) is 18.7 Å². The second-order valence-corrected chi connectivity index (χ2v) is 6.75. The molecular formula is C16H22BrNO4. The maximum atomic E-state index is 12.2. The van der Waals surface area contributed by atoms with E-state index >= 15 is 0 Å². The van der Waals surface area contributed by atoms with E-state index in [-0.39, 0.29) is 6.09 Å². The molecule has 0 aliphatic heterocycles. The predicted octanol–water partition coefficient (Wildman–Crippen LogP) is 3.99. The molecule has 0 fully saturated rings. The lowest BCUT2D eigenvalue weighted by Crippen LogP contribution is -2.36. The summed E-state index contributed by atoms with van der Waals surface area (Å²) in [5.41, 5.74) is 0.716.